The van der Waals surface area contributed by atoms with Crippen molar-refractivity contribution in [1.82, 2.24) is 0 Å². The van der Waals surface area contributed by atoms with Crippen LogP contribution in [-0.2, 0) is 0 Å². The average Bonchev–Trinajstić information content (AvgIpc) is 2.84. The minimum Gasteiger partial charge on any atom is -0.496 e. The van der Waals surface area contributed by atoms with E-state index < -0.39 is 4.92 Å². The third-order valence-electron chi connectivity index (χ3n) is 3.29. The van der Waals surface area contributed by atoms with E-state index in [1.54, 1.807) is 12.1 Å². The number of ether oxygens (including phenoxy) is 1. The number of nitro benzene ring substituents is 1. The Morgan fingerprint density at radius 2 is 2.00 bits per heavy atom. The normalized spacial score (nSPS) is 15.0. The molecule has 0 amide bonds. The van der Waals surface area contributed by atoms with Gasteiger partial charge in [0, 0.05) is 28.2 Å². The first kappa shape index (κ1) is 14.3. The fourth-order valence-corrected chi connectivity index (χ4v) is 3.27. The highest BCUT2D eigenvalue weighted by atomic mass is 32.2. The molecule has 1 heterocycles. The van der Waals surface area contributed by atoms with Crippen molar-refractivity contribution in [2.24, 2.45) is 0 Å². The molecule has 0 atom stereocenters. The number of hydrogen-bond acceptors (Lipinski definition) is 5. The summed E-state index contributed by atoms with van der Waals surface area (Å²) in [5.41, 5.74) is 1.13. The summed E-state index contributed by atoms with van der Waals surface area (Å²) < 4.78 is 5.21. The number of rotatable bonds is 3. The zero-order chi connectivity index (χ0) is 15.7. The Balaban J connectivity index is 2.05. The van der Waals surface area contributed by atoms with Crippen LogP contribution in [0.5, 0.6) is 5.75 Å². The Labute approximate surface area is 130 Å². The molecular weight excluding hydrogens is 302 g/mol. The number of nitro groups is 1. The number of hydrogen-bond donors (Lipinski definition) is 0. The number of benzene rings is 2. The molecule has 3 rings (SSSR count). The number of carbonyl (C=O) groups excluding carboxylic acids is 1. The molecule has 110 valence electrons. The summed E-state index contributed by atoms with van der Waals surface area (Å²) in [6.45, 7) is 0. The molecule has 2 aromatic carbocycles. The molecular formula is C16H11NO4S. The fraction of sp³-hybridized carbons (Fsp3) is 0.0625. The van der Waals surface area contributed by atoms with E-state index >= 15 is 0 Å². The SMILES string of the molecule is COc1ccc([N+](=O)[O-])cc1/C=C1\Sc2ccccc2C1=O. The van der Waals surface area contributed by atoms with E-state index in [0.29, 0.717) is 21.8 Å². The molecule has 6 heteroatoms. The van der Waals surface area contributed by atoms with Crippen molar-refractivity contribution in [3.8, 4) is 5.75 Å². The first-order valence-electron chi connectivity index (χ1n) is 6.46. The van der Waals surface area contributed by atoms with Gasteiger partial charge in [-0.3, -0.25) is 14.9 Å². The number of nitrogens with zero attached hydrogens (tertiary/aromatic N) is 1. The van der Waals surface area contributed by atoms with Gasteiger partial charge in [0.15, 0.2) is 0 Å². The Bertz CT molecular complexity index is 814. The summed E-state index contributed by atoms with van der Waals surface area (Å²) in [5.74, 6) is 0.414. The van der Waals surface area contributed by atoms with Gasteiger partial charge in [0.05, 0.1) is 16.9 Å². The largest absolute Gasteiger partial charge is 0.496 e. The summed E-state index contributed by atoms with van der Waals surface area (Å²) >= 11 is 1.36. The molecule has 1 aliphatic heterocycles. The van der Waals surface area contributed by atoms with Crippen LogP contribution < -0.4 is 4.74 Å². The maximum absolute atomic E-state index is 12.4. The number of non-ortho nitro benzene ring substituents is 1. The lowest BCUT2D eigenvalue weighted by atomic mass is 10.1. The third-order valence-corrected chi connectivity index (χ3v) is 4.39. The van der Waals surface area contributed by atoms with Crippen molar-refractivity contribution in [1.29, 1.82) is 0 Å². The van der Waals surface area contributed by atoms with Crippen LogP contribution in [0.3, 0.4) is 0 Å². The first-order valence-corrected chi connectivity index (χ1v) is 7.27. The van der Waals surface area contributed by atoms with E-state index in [2.05, 4.69) is 0 Å². The van der Waals surface area contributed by atoms with Gasteiger partial charge >= 0.3 is 0 Å². The first-order chi connectivity index (χ1) is 10.6. The molecule has 0 fully saturated rings. The molecule has 22 heavy (non-hydrogen) atoms. The minimum atomic E-state index is -0.472. The predicted molar refractivity (Wildman–Crippen MR) is 84.3 cm³/mol. The minimum absolute atomic E-state index is 0.0411. The second kappa shape index (κ2) is 5.65. The van der Waals surface area contributed by atoms with Crippen LogP contribution >= 0.6 is 11.8 Å². The van der Waals surface area contributed by atoms with E-state index in [0.717, 1.165) is 4.90 Å². The Hall–Kier alpha value is -2.60. The van der Waals surface area contributed by atoms with Crippen molar-refractivity contribution in [2.75, 3.05) is 7.11 Å². The third kappa shape index (κ3) is 2.48. The zero-order valence-corrected chi connectivity index (χ0v) is 12.4. The lowest BCUT2D eigenvalue weighted by Gasteiger charge is -2.05. The van der Waals surface area contributed by atoms with Crippen molar-refractivity contribution in [3.05, 3.63) is 68.6 Å². The smallest absolute Gasteiger partial charge is 0.270 e. The summed E-state index contributed by atoms with van der Waals surface area (Å²) in [6.07, 6.45) is 1.64. The topological polar surface area (TPSA) is 69.4 Å². The van der Waals surface area contributed by atoms with Crippen LogP contribution in [0.4, 0.5) is 5.69 Å². The monoisotopic (exact) mass is 313 g/mol. The highest BCUT2D eigenvalue weighted by Crippen LogP contribution is 2.41. The second-order valence-electron chi connectivity index (χ2n) is 4.62. The van der Waals surface area contributed by atoms with E-state index in [4.69, 9.17) is 4.74 Å². The van der Waals surface area contributed by atoms with Gasteiger partial charge in [-0.2, -0.15) is 0 Å². The number of methoxy groups -OCH3 is 1. The van der Waals surface area contributed by atoms with Crippen LogP contribution in [0.15, 0.2) is 52.3 Å². The summed E-state index contributed by atoms with van der Waals surface area (Å²) in [5, 5.41) is 10.9. The van der Waals surface area contributed by atoms with Crippen LogP contribution in [-0.4, -0.2) is 17.8 Å². The van der Waals surface area contributed by atoms with Crippen molar-refractivity contribution in [2.45, 2.75) is 4.90 Å². The number of carbonyl (C=O) groups is 1. The molecule has 0 saturated heterocycles. The molecule has 5 nitrogen and oxygen atoms in total. The molecule has 0 aromatic heterocycles. The molecule has 0 radical (unpaired) electrons. The maximum atomic E-state index is 12.4. The van der Waals surface area contributed by atoms with Crippen LogP contribution in [0.1, 0.15) is 15.9 Å². The summed E-state index contributed by atoms with van der Waals surface area (Å²) in [4.78, 5) is 24.2. The van der Waals surface area contributed by atoms with Gasteiger partial charge in [-0.15, -0.1) is 0 Å². The number of allylic oxidation sites excluding steroid dienone is 1. The van der Waals surface area contributed by atoms with Crippen LogP contribution in [0.2, 0.25) is 0 Å². The van der Waals surface area contributed by atoms with Crippen molar-refractivity contribution >= 4 is 29.3 Å². The van der Waals surface area contributed by atoms with Crippen molar-refractivity contribution < 1.29 is 14.5 Å². The van der Waals surface area contributed by atoms with Gasteiger partial charge < -0.3 is 4.74 Å². The molecule has 2 aromatic rings. The van der Waals surface area contributed by atoms with Crippen LogP contribution in [0, 0.1) is 10.1 Å². The van der Waals surface area contributed by atoms with E-state index in [-0.39, 0.29) is 11.5 Å². The second-order valence-corrected chi connectivity index (χ2v) is 5.70. The molecule has 0 saturated carbocycles. The number of ketones is 1. The van der Waals surface area contributed by atoms with Gasteiger partial charge in [-0.1, -0.05) is 23.9 Å². The number of Topliss-reactive ketones (excluding diaryl/α,β-unsaturated/α-hetero) is 1. The highest BCUT2D eigenvalue weighted by Gasteiger charge is 2.25. The standard InChI is InChI=1S/C16H11NO4S/c1-21-13-7-6-11(17(19)20)8-10(13)9-15-16(18)12-4-2-3-5-14(12)22-15/h2-9H,1H3/b15-9-. The lowest BCUT2D eigenvalue weighted by Crippen LogP contribution is -1.95. The average molecular weight is 313 g/mol. The number of fused-ring (bicyclic) bond motifs is 1. The summed E-state index contributed by atoms with van der Waals surface area (Å²) in [6, 6.07) is 11.6. The molecule has 0 spiro atoms. The quantitative estimate of drug-likeness (QED) is 0.488. The Kier molecular flexibility index (Phi) is 3.68. The fourth-order valence-electron chi connectivity index (χ4n) is 2.23. The van der Waals surface area contributed by atoms with E-state index in [1.165, 1.54) is 37.1 Å². The molecule has 0 bridgehead atoms. The van der Waals surface area contributed by atoms with Gasteiger partial charge in [0.25, 0.3) is 5.69 Å². The molecule has 0 aliphatic carbocycles. The number of thioether (sulfide) groups is 1. The molecule has 0 unspecified atom stereocenters. The Morgan fingerprint density at radius 1 is 1.23 bits per heavy atom. The van der Waals surface area contributed by atoms with Gasteiger partial charge in [-0.05, 0) is 24.3 Å². The predicted octanol–water partition coefficient (Wildman–Crippen LogP) is 3.93. The zero-order valence-electron chi connectivity index (χ0n) is 11.6. The Morgan fingerprint density at radius 3 is 2.68 bits per heavy atom. The lowest BCUT2D eigenvalue weighted by molar-refractivity contribution is -0.384. The van der Waals surface area contributed by atoms with Crippen molar-refractivity contribution in [3.63, 3.8) is 0 Å². The van der Waals surface area contributed by atoms with Gasteiger partial charge in [-0.25, -0.2) is 0 Å². The van der Waals surface area contributed by atoms with Crippen LogP contribution in [0.25, 0.3) is 6.08 Å². The highest BCUT2D eigenvalue weighted by molar-refractivity contribution is 8.04. The van der Waals surface area contributed by atoms with Gasteiger partial charge in [0.2, 0.25) is 5.78 Å². The maximum Gasteiger partial charge on any atom is 0.270 e. The molecule has 0 N–H and O–H groups in total. The van der Waals surface area contributed by atoms with Gasteiger partial charge in [0.1, 0.15) is 5.75 Å². The summed E-state index contributed by atoms with van der Waals surface area (Å²) in [7, 11) is 1.49. The van der Waals surface area contributed by atoms with E-state index in [1.807, 2.05) is 18.2 Å². The molecule has 1 aliphatic rings. The van der Waals surface area contributed by atoms with E-state index in [9.17, 15) is 14.9 Å².